The normalized spacial score (nSPS) is 20.7. The van der Waals surface area contributed by atoms with Gasteiger partial charge in [0, 0.05) is 12.0 Å². The number of rotatable bonds is 3. The molecular weight excluding hydrogens is 164 g/mol. The monoisotopic (exact) mass is 182 g/mol. The average Bonchev–Trinajstić information content (AvgIpc) is 2.15. The van der Waals surface area contributed by atoms with Gasteiger partial charge < -0.3 is 10.6 Å². The number of nitrogens with one attached hydrogen (secondary N) is 2. The van der Waals surface area contributed by atoms with Gasteiger partial charge in [0.2, 0.25) is 5.91 Å². The molecule has 0 radical (unpaired) electrons. The average molecular weight is 182 g/mol. The molecule has 74 valence electrons. The van der Waals surface area contributed by atoms with Crippen molar-refractivity contribution >= 4 is 5.91 Å². The third-order valence-electron chi connectivity index (χ3n) is 2.66. The zero-order valence-corrected chi connectivity index (χ0v) is 8.23. The molecule has 0 aromatic rings. The van der Waals surface area contributed by atoms with Crippen LogP contribution in [0.5, 0.6) is 0 Å². The number of carbonyl (C=O) groups excluding carboxylic acids is 1. The van der Waals surface area contributed by atoms with Crippen LogP contribution in [0.3, 0.4) is 0 Å². The Morgan fingerprint density at radius 3 is 2.77 bits per heavy atom. The minimum Gasteiger partial charge on any atom is -0.352 e. The Balaban J connectivity index is 2.46. The Morgan fingerprint density at radius 2 is 2.23 bits per heavy atom. The van der Waals surface area contributed by atoms with Gasteiger partial charge in [-0.15, -0.1) is 6.58 Å². The summed E-state index contributed by atoms with van der Waals surface area (Å²) < 4.78 is 0. The van der Waals surface area contributed by atoms with Crippen LogP contribution >= 0.6 is 0 Å². The maximum atomic E-state index is 11.7. The van der Waals surface area contributed by atoms with Crippen molar-refractivity contribution in [1.82, 2.24) is 10.6 Å². The third-order valence-corrected chi connectivity index (χ3v) is 2.66. The first-order valence-corrected chi connectivity index (χ1v) is 4.79. The molecule has 0 atom stereocenters. The highest BCUT2D eigenvalue weighted by Gasteiger charge is 2.33. The highest BCUT2D eigenvalue weighted by atomic mass is 16.2. The van der Waals surface area contributed by atoms with Crippen LogP contribution in [0.15, 0.2) is 12.7 Å². The van der Waals surface area contributed by atoms with Gasteiger partial charge in [0.25, 0.3) is 0 Å². The molecule has 2 N–H and O–H groups in total. The Labute approximate surface area is 79.6 Å². The molecule has 3 heteroatoms. The predicted molar refractivity (Wildman–Crippen MR) is 53.4 cm³/mol. The van der Waals surface area contributed by atoms with E-state index in [1.165, 1.54) is 0 Å². The van der Waals surface area contributed by atoms with Gasteiger partial charge in [-0.05, 0) is 25.9 Å². The first-order chi connectivity index (χ1) is 6.19. The van der Waals surface area contributed by atoms with Crippen molar-refractivity contribution < 1.29 is 4.79 Å². The fourth-order valence-corrected chi connectivity index (χ4v) is 1.58. The lowest BCUT2D eigenvalue weighted by Gasteiger charge is -2.32. The zero-order chi connectivity index (χ0) is 9.73. The summed E-state index contributed by atoms with van der Waals surface area (Å²) in [5.41, 5.74) is -0.172. The SMILES string of the molecule is C=CCNC(=O)C1(C)CCNCC1. The molecule has 0 aromatic carbocycles. The van der Waals surface area contributed by atoms with Gasteiger partial charge in [0.05, 0.1) is 0 Å². The van der Waals surface area contributed by atoms with Crippen molar-refractivity contribution in [2.24, 2.45) is 5.41 Å². The number of hydrogen-bond donors (Lipinski definition) is 2. The molecule has 0 saturated carbocycles. The predicted octanol–water partition coefficient (Wildman–Crippen LogP) is 0.678. The van der Waals surface area contributed by atoms with E-state index in [0.717, 1.165) is 25.9 Å². The highest BCUT2D eigenvalue weighted by Crippen LogP contribution is 2.27. The quantitative estimate of drug-likeness (QED) is 0.630. The van der Waals surface area contributed by atoms with E-state index in [-0.39, 0.29) is 11.3 Å². The molecule has 0 aromatic heterocycles. The summed E-state index contributed by atoms with van der Waals surface area (Å²) in [5, 5.41) is 6.11. The highest BCUT2D eigenvalue weighted by molar-refractivity contribution is 5.82. The molecule has 13 heavy (non-hydrogen) atoms. The summed E-state index contributed by atoms with van der Waals surface area (Å²) in [6.45, 7) is 8.06. The van der Waals surface area contributed by atoms with E-state index in [0.29, 0.717) is 6.54 Å². The van der Waals surface area contributed by atoms with E-state index in [9.17, 15) is 4.79 Å². The van der Waals surface area contributed by atoms with Crippen LogP contribution in [0.2, 0.25) is 0 Å². The van der Waals surface area contributed by atoms with Crippen molar-refractivity contribution in [3.63, 3.8) is 0 Å². The van der Waals surface area contributed by atoms with E-state index < -0.39 is 0 Å². The lowest BCUT2D eigenvalue weighted by Crippen LogP contribution is -2.45. The molecule has 1 heterocycles. The Hall–Kier alpha value is -0.830. The van der Waals surface area contributed by atoms with Crippen molar-refractivity contribution in [3.05, 3.63) is 12.7 Å². The summed E-state index contributed by atoms with van der Waals surface area (Å²) in [6.07, 6.45) is 3.56. The largest absolute Gasteiger partial charge is 0.352 e. The first-order valence-electron chi connectivity index (χ1n) is 4.79. The van der Waals surface area contributed by atoms with Crippen molar-refractivity contribution in [2.75, 3.05) is 19.6 Å². The summed E-state index contributed by atoms with van der Waals surface area (Å²) in [5.74, 6) is 0.161. The van der Waals surface area contributed by atoms with Gasteiger partial charge in [-0.2, -0.15) is 0 Å². The third kappa shape index (κ3) is 2.56. The molecule has 1 amide bonds. The topological polar surface area (TPSA) is 41.1 Å². The number of amides is 1. The molecule has 1 aliphatic heterocycles. The fraction of sp³-hybridized carbons (Fsp3) is 0.700. The lowest BCUT2D eigenvalue weighted by atomic mass is 9.80. The summed E-state index contributed by atoms with van der Waals surface area (Å²) in [4.78, 5) is 11.7. The molecular formula is C10H18N2O. The molecule has 1 rings (SSSR count). The van der Waals surface area contributed by atoms with Gasteiger partial charge in [0.1, 0.15) is 0 Å². The van der Waals surface area contributed by atoms with Crippen LogP contribution in [0, 0.1) is 5.41 Å². The summed E-state index contributed by atoms with van der Waals surface area (Å²) >= 11 is 0. The standard InChI is InChI=1S/C10H18N2O/c1-3-6-12-9(13)10(2)4-7-11-8-5-10/h3,11H,1,4-8H2,2H3,(H,12,13). The molecule has 0 bridgehead atoms. The zero-order valence-electron chi connectivity index (χ0n) is 8.23. The van der Waals surface area contributed by atoms with Gasteiger partial charge in [0.15, 0.2) is 0 Å². The molecule has 0 aliphatic carbocycles. The van der Waals surface area contributed by atoms with Crippen molar-refractivity contribution in [2.45, 2.75) is 19.8 Å². The van der Waals surface area contributed by atoms with E-state index in [4.69, 9.17) is 0 Å². The van der Waals surface area contributed by atoms with E-state index in [2.05, 4.69) is 17.2 Å². The second-order valence-corrected chi connectivity index (χ2v) is 3.81. The van der Waals surface area contributed by atoms with Crippen LogP contribution in [-0.4, -0.2) is 25.5 Å². The second-order valence-electron chi connectivity index (χ2n) is 3.81. The minimum absolute atomic E-state index is 0.161. The van der Waals surface area contributed by atoms with E-state index >= 15 is 0 Å². The Morgan fingerprint density at radius 1 is 1.62 bits per heavy atom. The maximum Gasteiger partial charge on any atom is 0.226 e. The Kier molecular flexibility index (Phi) is 3.48. The maximum absolute atomic E-state index is 11.7. The summed E-state index contributed by atoms with van der Waals surface area (Å²) in [7, 11) is 0. The van der Waals surface area contributed by atoms with E-state index in [1.54, 1.807) is 6.08 Å². The van der Waals surface area contributed by atoms with E-state index in [1.807, 2.05) is 6.92 Å². The van der Waals surface area contributed by atoms with Crippen LogP contribution in [0.25, 0.3) is 0 Å². The van der Waals surface area contributed by atoms with Crippen LogP contribution in [0.4, 0.5) is 0 Å². The van der Waals surface area contributed by atoms with Crippen LogP contribution < -0.4 is 10.6 Å². The second kappa shape index (κ2) is 4.42. The molecule has 3 nitrogen and oxygen atoms in total. The fourth-order valence-electron chi connectivity index (χ4n) is 1.58. The first kappa shape index (κ1) is 10.3. The summed E-state index contributed by atoms with van der Waals surface area (Å²) in [6, 6.07) is 0. The van der Waals surface area contributed by atoms with Crippen molar-refractivity contribution in [1.29, 1.82) is 0 Å². The molecule has 0 spiro atoms. The lowest BCUT2D eigenvalue weighted by molar-refractivity contribution is -0.131. The molecule has 1 aliphatic rings. The molecule has 1 fully saturated rings. The minimum atomic E-state index is -0.172. The molecule has 0 unspecified atom stereocenters. The van der Waals surface area contributed by atoms with Gasteiger partial charge >= 0.3 is 0 Å². The smallest absolute Gasteiger partial charge is 0.226 e. The van der Waals surface area contributed by atoms with Crippen LogP contribution in [-0.2, 0) is 4.79 Å². The van der Waals surface area contributed by atoms with Crippen LogP contribution in [0.1, 0.15) is 19.8 Å². The molecule has 1 saturated heterocycles. The number of hydrogen-bond acceptors (Lipinski definition) is 2. The number of carbonyl (C=O) groups is 1. The number of piperidine rings is 1. The van der Waals surface area contributed by atoms with Crippen molar-refractivity contribution in [3.8, 4) is 0 Å². The van der Waals surface area contributed by atoms with Gasteiger partial charge in [-0.1, -0.05) is 13.0 Å². The van der Waals surface area contributed by atoms with Gasteiger partial charge in [-0.3, -0.25) is 4.79 Å². The van der Waals surface area contributed by atoms with Gasteiger partial charge in [-0.25, -0.2) is 0 Å². The Bertz CT molecular complexity index is 195.